The van der Waals surface area contributed by atoms with Gasteiger partial charge in [-0.1, -0.05) is 130 Å². The van der Waals surface area contributed by atoms with E-state index < -0.39 is 0 Å². The maximum absolute atomic E-state index is 10.2. The number of hydrogen-bond donors (Lipinski definition) is 0. The molecule has 0 spiro atoms. The molecule has 0 aliphatic carbocycles. The molecule has 0 saturated carbocycles. The number of imidazole rings is 1. The second-order valence-corrected chi connectivity index (χ2v) is 15.5. The zero-order valence-corrected chi connectivity index (χ0v) is 36.7. The molecule has 299 valence electrons. The minimum atomic E-state index is 0. The fraction of sp³-hybridized carbons (Fsp3) is 0.109. The van der Waals surface area contributed by atoms with Crippen molar-refractivity contribution in [2.75, 3.05) is 0 Å². The number of furan rings is 1. The fourth-order valence-electron chi connectivity index (χ4n) is 8.00. The molecule has 0 fully saturated rings. The van der Waals surface area contributed by atoms with Crippen molar-refractivity contribution in [1.82, 2.24) is 14.5 Å². The SMILES string of the molecule is CC(C)c1cc(-c2ccccc2)cc(C(C)C)c1-n1c(-c2[c-]cc(C#N)c3c2oc2cc(-c4ccccc4)ccc23)nc2ccccc21.[Ir].[c-]1ccccc1-c1ccccn1. The van der Waals surface area contributed by atoms with Gasteiger partial charge in [0.15, 0.2) is 0 Å². The summed E-state index contributed by atoms with van der Waals surface area (Å²) in [6.45, 7) is 9.02. The zero-order chi connectivity index (χ0) is 41.2. The number of para-hydroxylation sites is 2. The number of nitriles is 1. The molecule has 0 bridgehead atoms. The topological polar surface area (TPSA) is 67.6 Å². The molecule has 1 radical (unpaired) electrons. The minimum absolute atomic E-state index is 0. The third-order valence-electron chi connectivity index (χ3n) is 11.0. The van der Waals surface area contributed by atoms with Crippen molar-refractivity contribution in [3.05, 3.63) is 199 Å². The van der Waals surface area contributed by atoms with E-state index in [9.17, 15) is 5.26 Å². The second-order valence-electron chi connectivity index (χ2n) is 15.5. The van der Waals surface area contributed by atoms with Crippen LogP contribution < -0.4 is 0 Å². The summed E-state index contributed by atoms with van der Waals surface area (Å²) in [5, 5.41) is 11.9. The summed E-state index contributed by atoms with van der Waals surface area (Å²) in [6, 6.07) is 64.5. The van der Waals surface area contributed by atoms with Gasteiger partial charge in [0.1, 0.15) is 5.58 Å². The van der Waals surface area contributed by atoms with Crippen molar-refractivity contribution >= 4 is 33.0 Å². The molecule has 10 aromatic rings. The Kier molecular flexibility index (Phi) is 11.9. The number of aromatic nitrogens is 3. The van der Waals surface area contributed by atoms with Crippen LogP contribution in [-0.4, -0.2) is 14.5 Å². The van der Waals surface area contributed by atoms with E-state index in [0.29, 0.717) is 11.1 Å². The van der Waals surface area contributed by atoms with E-state index in [-0.39, 0.29) is 31.9 Å². The summed E-state index contributed by atoms with van der Waals surface area (Å²) in [5.74, 6) is 1.22. The van der Waals surface area contributed by atoms with Gasteiger partial charge in [0.2, 0.25) is 0 Å². The smallest absolute Gasteiger partial charge is 0.121 e. The van der Waals surface area contributed by atoms with Crippen molar-refractivity contribution in [3.63, 3.8) is 0 Å². The Labute approximate surface area is 370 Å². The van der Waals surface area contributed by atoms with Gasteiger partial charge in [0.05, 0.1) is 22.4 Å². The van der Waals surface area contributed by atoms with Crippen LogP contribution in [-0.2, 0) is 20.1 Å². The number of hydrogen-bond acceptors (Lipinski definition) is 4. The maximum atomic E-state index is 10.2. The van der Waals surface area contributed by atoms with Crippen LogP contribution in [0.1, 0.15) is 56.2 Å². The van der Waals surface area contributed by atoms with Gasteiger partial charge in [0, 0.05) is 43.4 Å². The largest absolute Gasteiger partial charge is 0.500 e. The first-order valence-electron chi connectivity index (χ1n) is 20.4. The van der Waals surface area contributed by atoms with Crippen LogP contribution in [0.3, 0.4) is 0 Å². The Bertz CT molecular complexity index is 3080. The van der Waals surface area contributed by atoms with E-state index in [0.717, 1.165) is 66.8 Å². The van der Waals surface area contributed by atoms with Crippen LogP contribution in [0, 0.1) is 23.5 Å². The first-order valence-corrected chi connectivity index (χ1v) is 20.4. The molecule has 0 amide bonds. The molecule has 7 aromatic carbocycles. The van der Waals surface area contributed by atoms with Crippen molar-refractivity contribution in [2.45, 2.75) is 39.5 Å². The van der Waals surface area contributed by atoms with E-state index in [1.54, 1.807) is 12.3 Å². The molecule has 0 unspecified atom stereocenters. The van der Waals surface area contributed by atoms with Crippen LogP contribution >= 0.6 is 0 Å². The molecular weight excluding hydrogens is 925 g/mol. The summed E-state index contributed by atoms with van der Waals surface area (Å²) in [5.41, 5.74) is 14.7. The summed E-state index contributed by atoms with van der Waals surface area (Å²) in [4.78, 5) is 9.49. The van der Waals surface area contributed by atoms with Crippen LogP contribution in [0.2, 0.25) is 0 Å². The minimum Gasteiger partial charge on any atom is -0.500 e. The van der Waals surface area contributed by atoms with E-state index in [2.05, 4.69) is 146 Å². The number of fused-ring (bicyclic) bond motifs is 4. The Morgan fingerprint density at radius 2 is 1.31 bits per heavy atom. The monoisotopic (exact) mass is 967 g/mol. The van der Waals surface area contributed by atoms with E-state index in [1.807, 2.05) is 66.7 Å². The van der Waals surface area contributed by atoms with Gasteiger partial charge in [-0.05, 0) is 98.3 Å². The van der Waals surface area contributed by atoms with Gasteiger partial charge >= 0.3 is 0 Å². The Morgan fingerprint density at radius 3 is 1.95 bits per heavy atom. The summed E-state index contributed by atoms with van der Waals surface area (Å²) < 4.78 is 9.03. The predicted octanol–water partition coefficient (Wildman–Crippen LogP) is 14.4. The summed E-state index contributed by atoms with van der Waals surface area (Å²) in [7, 11) is 0. The molecule has 0 aliphatic heterocycles. The standard InChI is InChI=1S/C44H34N3O.C11H8N.Ir/c1-27(2)36-23-33(30-15-9-6-10-16-30)24-37(28(3)4)42(36)47-39-18-12-11-17-38(39)46-44(47)35-22-20-32(26-45)41-34-21-19-31(25-40(34)48-43(35)41)29-13-7-5-8-14-29;1-2-6-10(7-3-1)11-8-4-5-9-12-11;/h5-21,23-25,27-28H,1-4H3;1-6,8-9H;/q2*-1;. The van der Waals surface area contributed by atoms with Gasteiger partial charge in [-0.3, -0.25) is 4.98 Å². The van der Waals surface area contributed by atoms with E-state index >= 15 is 0 Å². The number of pyridine rings is 1. The Hall–Kier alpha value is -6.90. The first kappa shape index (κ1) is 40.9. The molecule has 0 saturated heterocycles. The van der Waals surface area contributed by atoms with Gasteiger partial charge in [-0.2, -0.15) is 0 Å². The molecule has 0 N–H and O–H groups in total. The average Bonchev–Trinajstić information content (AvgIpc) is 3.88. The zero-order valence-electron chi connectivity index (χ0n) is 34.4. The van der Waals surface area contributed by atoms with Gasteiger partial charge in [-0.25, -0.2) is 5.26 Å². The first-order chi connectivity index (χ1) is 29.4. The van der Waals surface area contributed by atoms with Gasteiger partial charge < -0.3 is 14.0 Å². The van der Waals surface area contributed by atoms with Gasteiger partial charge in [0.25, 0.3) is 0 Å². The molecule has 0 aliphatic rings. The maximum Gasteiger partial charge on any atom is 0.121 e. The number of benzene rings is 7. The van der Waals surface area contributed by atoms with Crippen LogP contribution in [0.15, 0.2) is 174 Å². The Balaban J connectivity index is 0.000000340. The fourth-order valence-corrected chi connectivity index (χ4v) is 8.00. The van der Waals surface area contributed by atoms with E-state index in [1.165, 1.54) is 22.3 Å². The normalized spacial score (nSPS) is 11.1. The van der Waals surface area contributed by atoms with Crippen LogP contribution in [0.5, 0.6) is 0 Å². The van der Waals surface area contributed by atoms with Crippen molar-refractivity contribution in [1.29, 1.82) is 5.26 Å². The van der Waals surface area contributed by atoms with Crippen LogP contribution in [0.25, 0.3) is 83.6 Å². The predicted molar refractivity (Wildman–Crippen MR) is 245 cm³/mol. The summed E-state index contributed by atoms with van der Waals surface area (Å²) in [6.07, 6.45) is 1.79. The summed E-state index contributed by atoms with van der Waals surface area (Å²) >= 11 is 0. The van der Waals surface area contributed by atoms with Crippen molar-refractivity contribution < 1.29 is 24.5 Å². The van der Waals surface area contributed by atoms with Crippen molar-refractivity contribution in [3.8, 4) is 56.7 Å². The Morgan fingerprint density at radius 1 is 0.656 bits per heavy atom. The van der Waals surface area contributed by atoms with E-state index in [4.69, 9.17) is 9.40 Å². The number of nitrogens with zero attached hydrogens (tertiary/aromatic N) is 4. The molecule has 10 rings (SSSR count). The molecule has 0 atom stereocenters. The third kappa shape index (κ3) is 7.95. The molecule has 61 heavy (non-hydrogen) atoms. The molecule has 6 heteroatoms. The molecule has 3 aromatic heterocycles. The number of rotatable bonds is 7. The van der Waals surface area contributed by atoms with Crippen LogP contribution in [0.4, 0.5) is 0 Å². The molecular formula is C55H42IrN4O-2. The van der Waals surface area contributed by atoms with Gasteiger partial charge in [-0.15, -0.1) is 48.0 Å². The molecule has 3 heterocycles. The third-order valence-corrected chi connectivity index (χ3v) is 11.0. The quantitative estimate of drug-likeness (QED) is 0.149. The van der Waals surface area contributed by atoms with Crippen molar-refractivity contribution in [2.24, 2.45) is 0 Å². The molecule has 5 nitrogen and oxygen atoms in total. The second kappa shape index (κ2) is 17.8. The average molecular weight is 967 g/mol.